The maximum Gasteiger partial charge on any atom is 0.236 e. The molecule has 1 heterocycles. The first-order valence-corrected chi connectivity index (χ1v) is 7.33. The Morgan fingerprint density at radius 2 is 1.86 bits per heavy atom. The minimum absolute atomic E-state index is 0.136. The third-order valence-electron chi connectivity index (χ3n) is 2.60. The molecule has 0 unspecified atom stereocenters. The Hall–Kier alpha value is -2.34. The van der Waals surface area contributed by atoms with Crippen LogP contribution in [0.5, 0.6) is 0 Å². The molecule has 6 heteroatoms. The molecule has 0 atom stereocenters. The van der Waals surface area contributed by atoms with Gasteiger partial charge < -0.3 is 5.73 Å². The number of nitrogens with zero attached hydrogens (tertiary/aromatic N) is 1. The zero-order chi connectivity index (χ0) is 15.1. The summed E-state index contributed by atoms with van der Waals surface area (Å²) >= 11 is 1.25. The highest BCUT2D eigenvalue weighted by Crippen LogP contribution is 2.15. The predicted molar refractivity (Wildman–Crippen MR) is 82.7 cm³/mol. The van der Waals surface area contributed by atoms with E-state index in [-0.39, 0.29) is 24.0 Å². The van der Waals surface area contributed by atoms with E-state index in [4.69, 9.17) is 5.73 Å². The van der Waals surface area contributed by atoms with Crippen molar-refractivity contribution in [2.75, 3.05) is 11.5 Å². The molecule has 3 N–H and O–H groups in total. The van der Waals surface area contributed by atoms with Crippen molar-refractivity contribution in [3.8, 4) is 0 Å². The second-order valence-corrected chi connectivity index (χ2v) is 5.35. The van der Waals surface area contributed by atoms with Gasteiger partial charge in [-0.25, -0.2) is 4.98 Å². The van der Waals surface area contributed by atoms with Gasteiger partial charge >= 0.3 is 0 Å². The molecule has 21 heavy (non-hydrogen) atoms. The number of nitrogens with two attached hydrogens (primary N) is 1. The molecule has 0 aliphatic rings. The van der Waals surface area contributed by atoms with Crippen LogP contribution in [0.4, 0.5) is 5.69 Å². The summed E-state index contributed by atoms with van der Waals surface area (Å²) in [7, 11) is 0. The number of nitrogen functional groups attached to an aromatic ring is 1. The molecule has 5 nitrogen and oxygen atoms in total. The molecular weight excluding hydrogens is 286 g/mol. The van der Waals surface area contributed by atoms with Crippen LogP contribution in [0.3, 0.4) is 0 Å². The number of thioether (sulfide) groups is 1. The van der Waals surface area contributed by atoms with Crippen molar-refractivity contribution >= 4 is 29.3 Å². The van der Waals surface area contributed by atoms with Crippen molar-refractivity contribution in [1.82, 2.24) is 10.3 Å². The molecule has 1 aromatic heterocycles. The summed E-state index contributed by atoms with van der Waals surface area (Å²) in [4.78, 5) is 27.5. The average Bonchev–Trinajstić information content (AvgIpc) is 2.47. The van der Waals surface area contributed by atoms with Crippen LogP contribution in [0, 0.1) is 0 Å². The molecule has 0 fully saturated rings. The first-order chi connectivity index (χ1) is 10.1. The number of amides is 2. The predicted octanol–water partition coefficient (Wildman–Crippen LogP) is 1.64. The van der Waals surface area contributed by atoms with Crippen molar-refractivity contribution in [2.24, 2.45) is 0 Å². The van der Waals surface area contributed by atoms with Crippen molar-refractivity contribution in [3.05, 3.63) is 54.2 Å². The second kappa shape index (κ2) is 7.44. The van der Waals surface area contributed by atoms with Gasteiger partial charge in [-0.15, -0.1) is 0 Å². The number of rotatable bonds is 5. The zero-order valence-corrected chi connectivity index (χ0v) is 12.1. The normalized spacial score (nSPS) is 10.1. The van der Waals surface area contributed by atoms with Gasteiger partial charge in [-0.2, -0.15) is 0 Å². The number of benzene rings is 1. The molecule has 0 aliphatic heterocycles. The van der Waals surface area contributed by atoms with Gasteiger partial charge in [0.25, 0.3) is 0 Å². The highest BCUT2D eigenvalue weighted by atomic mass is 32.2. The lowest BCUT2D eigenvalue weighted by atomic mass is 10.1. The van der Waals surface area contributed by atoms with E-state index in [1.807, 2.05) is 30.3 Å². The number of carbonyl (C=O) groups is 2. The Labute approximate surface area is 127 Å². The molecular formula is C15H15N3O2S. The van der Waals surface area contributed by atoms with Crippen LogP contribution in [0.2, 0.25) is 0 Å². The van der Waals surface area contributed by atoms with Gasteiger partial charge in [0.1, 0.15) is 0 Å². The van der Waals surface area contributed by atoms with Crippen LogP contribution in [-0.2, 0) is 16.0 Å². The number of hydrogen-bond acceptors (Lipinski definition) is 5. The second-order valence-electron chi connectivity index (χ2n) is 4.35. The highest BCUT2D eigenvalue weighted by Gasteiger charge is 2.09. The van der Waals surface area contributed by atoms with Crippen molar-refractivity contribution < 1.29 is 9.59 Å². The van der Waals surface area contributed by atoms with E-state index in [0.717, 1.165) is 5.56 Å². The molecule has 2 rings (SSSR count). The molecule has 0 spiro atoms. The summed E-state index contributed by atoms with van der Waals surface area (Å²) in [5.74, 6) is -0.506. The largest absolute Gasteiger partial charge is 0.397 e. The number of carbonyl (C=O) groups excluding carboxylic acids is 2. The number of anilines is 1. The lowest BCUT2D eigenvalue weighted by Gasteiger charge is -2.04. The van der Waals surface area contributed by atoms with E-state index in [9.17, 15) is 9.59 Å². The SMILES string of the molecule is Nc1ccc(SCC(=O)NC(=O)Cc2ccccc2)nc1. The molecule has 0 bridgehead atoms. The number of hydrogen-bond donors (Lipinski definition) is 2. The molecule has 1 aromatic carbocycles. The van der Waals surface area contributed by atoms with Crippen LogP contribution >= 0.6 is 11.8 Å². The topological polar surface area (TPSA) is 85.1 Å². The third kappa shape index (κ3) is 5.27. The van der Waals surface area contributed by atoms with E-state index in [1.165, 1.54) is 18.0 Å². The number of pyridine rings is 1. The molecule has 2 aromatic rings. The third-order valence-corrected chi connectivity index (χ3v) is 3.54. The fourth-order valence-electron chi connectivity index (χ4n) is 1.63. The quantitative estimate of drug-likeness (QED) is 0.820. The fraction of sp³-hybridized carbons (Fsp3) is 0.133. The van der Waals surface area contributed by atoms with Gasteiger partial charge in [-0.05, 0) is 17.7 Å². The van der Waals surface area contributed by atoms with E-state index >= 15 is 0 Å². The fourth-order valence-corrected chi connectivity index (χ4v) is 2.28. The van der Waals surface area contributed by atoms with Gasteiger partial charge in [0, 0.05) is 0 Å². The maximum absolute atomic E-state index is 11.7. The summed E-state index contributed by atoms with van der Waals surface area (Å²) in [5.41, 5.74) is 6.97. The maximum atomic E-state index is 11.7. The lowest BCUT2D eigenvalue weighted by molar-refractivity contribution is -0.128. The first-order valence-electron chi connectivity index (χ1n) is 6.34. The van der Waals surface area contributed by atoms with Crippen LogP contribution in [-0.4, -0.2) is 22.6 Å². The highest BCUT2D eigenvalue weighted by molar-refractivity contribution is 7.99. The average molecular weight is 301 g/mol. The summed E-state index contributed by atoms with van der Waals surface area (Å²) in [5, 5.41) is 3.05. The van der Waals surface area contributed by atoms with E-state index in [2.05, 4.69) is 10.3 Å². The summed E-state index contributed by atoms with van der Waals surface area (Å²) in [6, 6.07) is 12.7. The smallest absolute Gasteiger partial charge is 0.236 e. The monoisotopic (exact) mass is 301 g/mol. The van der Waals surface area contributed by atoms with Crippen LogP contribution < -0.4 is 11.1 Å². The minimum atomic E-state index is -0.334. The molecule has 0 saturated carbocycles. The number of imide groups is 1. The van der Waals surface area contributed by atoms with E-state index in [0.29, 0.717) is 10.7 Å². The standard InChI is InChI=1S/C15H15N3O2S/c16-12-6-7-15(17-9-12)21-10-14(20)18-13(19)8-11-4-2-1-3-5-11/h1-7,9H,8,10,16H2,(H,18,19,20). The molecule has 2 amide bonds. The Morgan fingerprint density at radius 3 is 2.52 bits per heavy atom. The van der Waals surface area contributed by atoms with E-state index < -0.39 is 0 Å². The zero-order valence-electron chi connectivity index (χ0n) is 11.3. The van der Waals surface area contributed by atoms with Gasteiger partial charge in [0.2, 0.25) is 11.8 Å². The summed E-state index contributed by atoms with van der Waals surface area (Å²) in [6.07, 6.45) is 1.72. The van der Waals surface area contributed by atoms with Gasteiger partial charge in [-0.1, -0.05) is 42.1 Å². The molecule has 108 valence electrons. The van der Waals surface area contributed by atoms with Crippen molar-refractivity contribution in [1.29, 1.82) is 0 Å². The Morgan fingerprint density at radius 1 is 1.10 bits per heavy atom. The molecule has 0 saturated heterocycles. The minimum Gasteiger partial charge on any atom is -0.397 e. The van der Waals surface area contributed by atoms with Crippen molar-refractivity contribution in [2.45, 2.75) is 11.4 Å². The van der Waals surface area contributed by atoms with Gasteiger partial charge in [0.15, 0.2) is 0 Å². The van der Waals surface area contributed by atoms with Crippen LogP contribution in [0.25, 0.3) is 0 Å². The Balaban J connectivity index is 1.76. The first kappa shape index (κ1) is 15.1. The number of aromatic nitrogens is 1. The lowest BCUT2D eigenvalue weighted by Crippen LogP contribution is -2.33. The summed E-state index contributed by atoms with van der Waals surface area (Å²) < 4.78 is 0. The van der Waals surface area contributed by atoms with Crippen molar-refractivity contribution in [3.63, 3.8) is 0 Å². The van der Waals surface area contributed by atoms with Crippen LogP contribution in [0.1, 0.15) is 5.56 Å². The Bertz CT molecular complexity index is 615. The van der Waals surface area contributed by atoms with Crippen LogP contribution in [0.15, 0.2) is 53.7 Å². The Kier molecular flexibility index (Phi) is 5.34. The molecule has 0 aliphatic carbocycles. The molecule has 0 radical (unpaired) electrons. The number of nitrogens with one attached hydrogen (secondary N) is 1. The van der Waals surface area contributed by atoms with E-state index in [1.54, 1.807) is 12.1 Å². The van der Waals surface area contributed by atoms with Gasteiger partial charge in [-0.3, -0.25) is 14.9 Å². The summed E-state index contributed by atoms with van der Waals surface area (Å²) in [6.45, 7) is 0. The van der Waals surface area contributed by atoms with Gasteiger partial charge in [0.05, 0.1) is 29.1 Å².